The maximum atomic E-state index is 11.6. The fourth-order valence-corrected chi connectivity index (χ4v) is 3.97. The third-order valence-corrected chi connectivity index (χ3v) is 5.71. The van der Waals surface area contributed by atoms with Crippen LogP contribution in [0.25, 0.3) is 0 Å². The Kier molecular flexibility index (Phi) is 7.02. The summed E-state index contributed by atoms with van der Waals surface area (Å²) < 4.78 is 2.09. The largest absolute Gasteiger partial charge is 0.356 e. The lowest BCUT2D eigenvalue weighted by atomic mass is 10.1. The number of thioether (sulfide) groups is 1. The molecule has 6 heteroatoms. The second kappa shape index (κ2) is 9.01. The molecule has 2 rings (SSSR count). The maximum absolute atomic E-state index is 11.6. The molecule has 0 aromatic carbocycles. The highest BCUT2D eigenvalue weighted by Crippen LogP contribution is 2.36. The van der Waals surface area contributed by atoms with Gasteiger partial charge in [0.25, 0.3) is 0 Å². The van der Waals surface area contributed by atoms with Gasteiger partial charge in [0, 0.05) is 43.7 Å². The molecule has 0 spiro atoms. The van der Waals surface area contributed by atoms with Crippen LogP contribution in [0, 0.1) is 0 Å². The van der Waals surface area contributed by atoms with Crippen LogP contribution in [0.3, 0.4) is 0 Å². The topological polar surface area (TPSA) is 58.4 Å². The van der Waals surface area contributed by atoms with Crippen molar-refractivity contribution >= 4 is 17.7 Å². The van der Waals surface area contributed by atoms with E-state index in [1.54, 1.807) is 16.7 Å². The number of hydrogen-bond donors (Lipinski definition) is 2. The maximum Gasteiger partial charge on any atom is 0.250 e. The van der Waals surface area contributed by atoms with Gasteiger partial charge in [0.2, 0.25) is 5.56 Å². The van der Waals surface area contributed by atoms with Crippen molar-refractivity contribution in [1.82, 2.24) is 15.2 Å². The Labute approximate surface area is 143 Å². The predicted molar refractivity (Wildman–Crippen MR) is 99.4 cm³/mol. The van der Waals surface area contributed by atoms with Gasteiger partial charge in [0.15, 0.2) is 5.96 Å². The molecule has 1 atom stereocenters. The SMILES string of the molecule is CN=C(NCCCCn1ccccc1=O)NCC1(C)CCCS1. The number of pyridine rings is 1. The highest BCUT2D eigenvalue weighted by Gasteiger charge is 2.29. The molecule has 1 fully saturated rings. The van der Waals surface area contributed by atoms with E-state index in [0.717, 1.165) is 38.4 Å². The first-order chi connectivity index (χ1) is 11.1. The van der Waals surface area contributed by atoms with E-state index in [-0.39, 0.29) is 5.56 Å². The quantitative estimate of drug-likeness (QED) is 0.455. The molecule has 0 amide bonds. The van der Waals surface area contributed by atoms with Gasteiger partial charge in [-0.1, -0.05) is 6.07 Å². The molecule has 1 saturated heterocycles. The molecule has 0 saturated carbocycles. The molecule has 2 N–H and O–H groups in total. The van der Waals surface area contributed by atoms with Crippen LogP contribution < -0.4 is 16.2 Å². The smallest absolute Gasteiger partial charge is 0.250 e. The number of nitrogens with zero attached hydrogens (tertiary/aromatic N) is 2. The molecule has 5 nitrogen and oxygen atoms in total. The van der Waals surface area contributed by atoms with Crippen molar-refractivity contribution in [3.63, 3.8) is 0 Å². The van der Waals surface area contributed by atoms with Crippen LogP contribution in [0.2, 0.25) is 0 Å². The number of aromatic nitrogens is 1. The second-order valence-electron chi connectivity index (χ2n) is 6.19. The lowest BCUT2D eigenvalue weighted by Gasteiger charge is -2.24. The molecule has 0 radical (unpaired) electrons. The van der Waals surface area contributed by atoms with E-state index in [1.165, 1.54) is 18.6 Å². The predicted octanol–water partition coefficient (Wildman–Crippen LogP) is 2.08. The van der Waals surface area contributed by atoms with E-state index in [2.05, 4.69) is 34.3 Å². The molecule has 1 aromatic rings. The van der Waals surface area contributed by atoms with Crippen molar-refractivity contribution in [2.24, 2.45) is 4.99 Å². The molecule has 128 valence electrons. The number of aliphatic imine (C=N–C) groups is 1. The summed E-state index contributed by atoms with van der Waals surface area (Å²) >= 11 is 2.05. The van der Waals surface area contributed by atoms with Gasteiger partial charge in [-0.05, 0) is 44.4 Å². The average molecular weight is 337 g/mol. The standard InChI is InChI=1S/C17H28N4OS/c1-17(9-7-13-23-17)14-20-16(18-2)19-10-4-6-12-21-11-5-3-8-15(21)22/h3,5,8,11H,4,6-7,9-10,12-14H2,1-2H3,(H2,18,19,20). The van der Waals surface area contributed by atoms with Crippen molar-refractivity contribution in [3.8, 4) is 0 Å². The highest BCUT2D eigenvalue weighted by atomic mass is 32.2. The Morgan fingerprint density at radius 3 is 2.96 bits per heavy atom. The Balaban J connectivity index is 1.62. The summed E-state index contributed by atoms with van der Waals surface area (Å²) in [7, 11) is 1.81. The molecule has 0 bridgehead atoms. The van der Waals surface area contributed by atoms with Crippen LogP contribution >= 0.6 is 11.8 Å². The zero-order valence-corrected chi connectivity index (χ0v) is 15.0. The van der Waals surface area contributed by atoms with E-state index in [0.29, 0.717) is 4.75 Å². The molecule has 1 aliphatic rings. The molecule has 1 aliphatic heterocycles. The Bertz CT molecular complexity index is 564. The van der Waals surface area contributed by atoms with Crippen LogP contribution in [0.5, 0.6) is 0 Å². The van der Waals surface area contributed by atoms with Crippen LogP contribution in [0.15, 0.2) is 34.2 Å². The second-order valence-corrected chi connectivity index (χ2v) is 7.88. The number of unbranched alkanes of at least 4 members (excludes halogenated alkanes) is 1. The number of nitrogens with one attached hydrogen (secondary N) is 2. The first-order valence-electron chi connectivity index (χ1n) is 8.37. The van der Waals surface area contributed by atoms with Gasteiger partial charge in [-0.15, -0.1) is 0 Å². The lowest BCUT2D eigenvalue weighted by Crippen LogP contribution is -2.43. The fraction of sp³-hybridized carbons (Fsp3) is 0.647. The van der Waals surface area contributed by atoms with E-state index in [1.807, 2.05) is 19.3 Å². The minimum atomic E-state index is 0.0697. The van der Waals surface area contributed by atoms with Crippen molar-refractivity contribution < 1.29 is 0 Å². The molecule has 2 heterocycles. The summed E-state index contributed by atoms with van der Waals surface area (Å²) in [5.41, 5.74) is 0.0697. The third kappa shape index (κ3) is 5.94. The third-order valence-electron chi connectivity index (χ3n) is 4.17. The van der Waals surface area contributed by atoms with E-state index in [9.17, 15) is 4.79 Å². The Morgan fingerprint density at radius 1 is 1.39 bits per heavy atom. The molecular weight excluding hydrogens is 308 g/mol. The fourth-order valence-electron chi connectivity index (χ4n) is 2.73. The van der Waals surface area contributed by atoms with Crippen LogP contribution in [0.1, 0.15) is 32.6 Å². The molecule has 1 unspecified atom stereocenters. The van der Waals surface area contributed by atoms with Crippen molar-refractivity contribution in [2.45, 2.75) is 43.9 Å². The number of rotatable bonds is 7. The summed E-state index contributed by atoms with van der Waals surface area (Å²) in [5, 5.41) is 6.79. The van der Waals surface area contributed by atoms with Crippen LogP contribution in [-0.4, -0.2) is 41.2 Å². The zero-order chi connectivity index (χ0) is 16.5. The first-order valence-corrected chi connectivity index (χ1v) is 9.35. The van der Waals surface area contributed by atoms with Crippen molar-refractivity contribution in [2.75, 3.05) is 25.9 Å². The number of hydrogen-bond acceptors (Lipinski definition) is 3. The van der Waals surface area contributed by atoms with Crippen molar-refractivity contribution in [3.05, 3.63) is 34.7 Å². The summed E-state index contributed by atoms with van der Waals surface area (Å²) in [5.74, 6) is 2.14. The highest BCUT2D eigenvalue weighted by molar-refractivity contribution is 8.00. The zero-order valence-electron chi connectivity index (χ0n) is 14.2. The molecule has 23 heavy (non-hydrogen) atoms. The van der Waals surface area contributed by atoms with E-state index < -0.39 is 0 Å². The average Bonchev–Trinajstić information content (AvgIpc) is 2.98. The number of aryl methyl sites for hydroxylation is 1. The van der Waals surface area contributed by atoms with E-state index in [4.69, 9.17) is 0 Å². The molecule has 0 aliphatic carbocycles. The van der Waals surface area contributed by atoms with Gasteiger partial charge >= 0.3 is 0 Å². The van der Waals surface area contributed by atoms with Crippen LogP contribution in [-0.2, 0) is 6.54 Å². The first kappa shape index (κ1) is 17.9. The monoisotopic (exact) mass is 336 g/mol. The van der Waals surface area contributed by atoms with Crippen molar-refractivity contribution in [1.29, 1.82) is 0 Å². The van der Waals surface area contributed by atoms with Gasteiger partial charge in [0.1, 0.15) is 0 Å². The summed E-state index contributed by atoms with van der Waals surface area (Å²) in [4.78, 5) is 15.9. The van der Waals surface area contributed by atoms with Gasteiger partial charge in [-0.3, -0.25) is 9.79 Å². The molecule has 1 aromatic heterocycles. The minimum Gasteiger partial charge on any atom is -0.356 e. The Hall–Kier alpha value is -1.43. The lowest BCUT2D eigenvalue weighted by molar-refractivity contribution is 0.571. The molecular formula is C17H28N4OS. The summed E-state index contributed by atoms with van der Waals surface area (Å²) in [6.45, 7) is 4.91. The normalized spacial score (nSPS) is 21.4. The minimum absolute atomic E-state index is 0.0697. The van der Waals surface area contributed by atoms with Gasteiger partial charge < -0.3 is 15.2 Å². The van der Waals surface area contributed by atoms with Gasteiger partial charge in [0.05, 0.1) is 0 Å². The van der Waals surface area contributed by atoms with E-state index >= 15 is 0 Å². The van der Waals surface area contributed by atoms with Gasteiger partial charge in [-0.25, -0.2) is 0 Å². The summed E-state index contributed by atoms with van der Waals surface area (Å²) in [6.07, 6.45) is 6.41. The number of guanidine groups is 1. The summed E-state index contributed by atoms with van der Waals surface area (Å²) in [6, 6.07) is 5.28. The Morgan fingerprint density at radius 2 is 2.26 bits per heavy atom. The van der Waals surface area contributed by atoms with Gasteiger partial charge in [-0.2, -0.15) is 11.8 Å². The van der Waals surface area contributed by atoms with Crippen LogP contribution in [0.4, 0.5) is 0 Å².